The molecule has 0 aliphatic rings. The molecule has 51 heavy (non-hydrogen) atoms. The summed E-state index contributed by atoms with van der Waals surface area (Å²) < 4.78 is 0. The zero-order valence-corrected chi connectivity index (χ0v) is 30.3. The van der Waals surface area contributed by atoms with Crippen molar-refractivity contribution in [1.29, 1.82) is 0 Å². The highest BCUT2D eigenvalue weighted by molar-refractivity contribution is 5.79. The predicted molar refractivity (Wildman–Crippen MR) is 222 cm³/mol. The number of allylic oxidation sites excluding steroid dienone is 5. The molecule has 0 spiro atoms. The van der Waals surface area contributed by atoms with Gasteiger partial charge in [0.25, 0.3) is 0 Å². The van der Waals surface area contributed by atoms with Crippen molar-refractivity contribution >= 4 is 40.6 Å². The molecule has 0 saturated carbocycles. The van der Waals surface area contributed by atoms with Gasteiger partial charge in [0, 0.05) is 34.1 Å². The standard InChI is InChI=1S/C49H46N2/c1-6-8-10-44(9-7-2)50(45-27-11-37(3)12-28-45)48-33-21-41(22-34-48)18-17-40-19-23-42(24-20-40)43-25-35-49(36-26-43)51(46-29-13-38(4)14-30-46)47-31-15-39(5)16-32-47/h6-36H,1-5H3/b8-6+,9-7-,18-17+,44-10+. The normalized spacial score (nSPS) is 11.9. The molecule has 0 radical (unpaired) electrons. The number of aryl methyl sites for hydroxylation is 3. The van der Waals surface area contributed by atoms with E-state index in [4.69, 9.17) is 0 Å². The van der Waals surface area contributed by atoms with Crippen LogP contribution >= 0.6 is 0 Å². The number of rotatable bonds is 11. The molecule has 0 aliphatic heterocycles. The van der Waals surface area contributed by atoms with Gasteiger partial charge in [-0.05, 0) is 130 Å². The maximum atomic E-state index is 2.31. The Kier molecular flexibility index (Phi) is 11.3. The van der Waals surface area contributed by atoms with E-state index in [0.717, 1.165) is 45.3 Å². The predicted octanol–water partition coefficient (Wildman–Crippen LogP) is 14.1. The van der Waals surface area contributed by atoms with Gasteiger partial charge in [0.15, 0.2) is 0 Å². The zero-order chi connectivity index (χ0) is 35.6. The summed E-state index contributed by atoms with van der Waals surface area (Å²) in [5.74, 6) is 0. The number of hydrogen-bond donors (Lipinski definition) is 0. The maximum Gasteiger partial charge on any atom is 0.0462 e. The van der Waals surface area contributed by atoms with Gasteiger partial charge in [-0.3, -0.25) is 0 Å². The van der Waals surface area contributed by atoms with Crippen LogP contribution in [0.4, 0.5) is 28.4 Å². The molecular weight excluding hydrogens is 617 g/mol. The Morgan fingerprint density at radius 1 is 0.412 bits per heavy atom. The van der Waals surface area contributed by atoms with Crippen LogP contribution in [0.1, 0.15) is 41.7 Å². The first kappa shape index (κ1) is 34.7. The lowest BCUT2D eigenvalue weighted by Gasteiger charge is -2.26. The van der Waals surface area contributed by atoms with Crippen molar-refractivity contribution in [3.63, 3.8) is 0 Å². The van der Waals surface area contributed by atoms with Crippen molar-refractivity contribution in [1.82, 2.24) is 0 Å². The lowest BCUT2D eigenvalue weighted by molar-refractivity contribution is 1.20. The van der Waals surface area contributed by atoms with Gasteiger partial charge < -0.3 is 9.80 Å². The van der Waals surface area contributed by atoms with E-state index in [1.165, 1.54) is 27.8 Å². The Labute approximate surface area is 304 Å². The minimum Gasteiger partial charge on any atom is -0.311 e. The summed E-state index contributed by atoms with van der Waals surface area (Å²) in [7, 11) is 0. The van der Waals surface area contributed by atoms with Crippen LogP contribution in [0.5, 0.6) is 0 Å². The van der Waals surface area contributed by atoms with Crippen molar-refractivity contribution in [2.45, 2.75) is 34.6 Å². The molecule has 6 rings (SSSR count). The average molecular weight is 663 g/mol. The molecule has 0 aliphatic carbocycles. The molecule has 0 amide bonds. The average Bonchev–Trinajstić information content (AvgIpc) is 3.16. The van der Waals surface area contributed by atoms with Gasteiger partial charge in [-0.1, -0.05) is 132 Å². The number of nitrogens with zero attached hydrogens (tertiary/aromatic N) is 2. The lowest BCUT2D eigenvalue weighted by atomic mass is 10.0. The third-order valence-corrected chi connectivity index (χ3v) is 8.92. The minimum atomic E-state index is 1.10. The summed E-state index contributed by atoms with van der Waals surface area (Å²) >= 11 is 0. The van der Waals surface area contributed by atoms with Crippen molar-refractivity contribution < 1.29 is 0 Å². The van der Waals surface area contributed by atoms with Gasteiger partial charge in [0.2, 0.25) is 0 Å². The van der Waals surface area contributed by atoms with Crippen LogP contribution in [-0.4, -0.2) is 0 Å². The lowest BCUT2D eigenvalue weighted by Crippen LogP contribution is -2.15. The van der Waals surface area contributed by atoms with Gasteiger partial charge in [-0.2, -0.15) is 0 Å². The van der Waals surface area contributed by atoms with E-state index in [1.54, 1.807) is 0 Å². The van der Waals surface area contributed by atoms with Crippen molar-refractivity contribution in [3.8, 4) is 11.1 Å². The van der Waals surface area contributed by atoms with Gasteiger partial charge in [-0.15, -0.1) is 0 Å². The summed E-state index contributed by atoms with van der Waals surface area (Å²) in [6.07, 6.45) is 14.9. The van der Waals surface area contributed by atoms with Crippen molar-refractivity contribution in [3.05, 3.63) is 209 Å². The van der Waals surface area contributed by atoms with Crippen LogP contribution < -0.4 is 9.80 Å². The van der Waals surface area contributed by atoms with E-state index in [1.807, 2.05) is 6.92 Å². The van der Waals surface area contributed by atoms with Crippen LogP contribution in [0.2, 0.25) is 0 Å². The van der Waals surface area contributed by atoms with Crippen molar-refractivity contribution in [2.24, 2.45) is 0 Å². The first-order valence-corrected chi connectivity index (χ1v) is 17.7. The molecule has 2 nitrogen and oxygen atoms in total. The third kappa shape index (κ3) is 8.73. The zero-order valence-electron chi connectivity index (χ0n) is 30.3. The molecule has 6 aromatic carbocycles. The van der Waals surface area contributed by atoms with Crippen LogP contribution in [0.3, 0.4) is 0 Å². The highest BCUT2D eigenvalue weighted by Crippen LogP contribution is 2.36. The Hall–Kier alpha value is -6.12. The van der Waals surface area contributed by atoms with Crippen LogP contribution in [0.25, 0.3) is 23.3 Å². The highest BCUT2D eigenvalue weighted by Gasteiger charge is 2.14. The van der Waals surface area contributed by atoms with Crippen LogP contribution in [0, 0.1) is 20.8 Å². The van der Waals surface area contributed by atoms with Gasteiger partial charge in [0.1, 0.15) is 0 Å². The molecule has 252 valence electrons. The molecule has 0 aromatic heterocycles. The first-order valence-electron chi connectivity index (χ1n) is 17.7. The summed E-state index contributed by atoms with van der Waals surface area (Å²) in [6.45, 7) is 10.5. The summed E-state index contributed by atoms with van der Waals surface area (Å²) in [6, 6.07) is 52.5. The fourth-order valence-corrected chi connectivity index (χ4v) is 6.06. The Balaban J connectivity index is 1.19. The Morgan fingerprint density at radius 2 is 0.765 bits per heavy atom. The van der Waals surface area contributed by atoms with Crippen molar-refractivity contribution in [2.75, 3.05) is 9.80 Å². The minimum absolute atomic E-state index is 1.10. The third-order valence-electron chi connectivity index (χ3n) is 8.92. The second-order valence-electron chi connectivity index (χ2n) is 12.9. The quantitative estimate of drug-likeness (QED) is 0.101. The second kappa shape index (κ2) is 16.5. The summed E-state index contributed by atoms with van der Waals surface area (Å²) in [5, 5.41) is 0. The highest BCUT2D eigenvalue weighted by atomic mass is 15.1. The molecule has 0 atom stereocenters. The smallest absolute Gasteiger partial charge is 0.0462 e. The molecule has 0 fully saturated rings. The SMILES string of the molecule is C\C=C/C(=C\C=C\C)N(c1ccc(C)cc1)c1ccc(/C=C/c2ccc(-c3ccc(N(c4ccc(C)cc4)c4ccc(C)cc4)cc3)cc2)cc1. The van der Waals surface area contributed by atoms with Gasteiger partial charge in [0.05, 0.1) is 0 Å². The van der Waals surface area contributed by atoms with Crippen LogP contribution in [-0.2, 0) is 0 Å². The van der Waals surface area contributed by atoms with E-state index in [9.17, 15) is 0 Å². The molecule has 6 aromatic rings. The largest absolute Gasteiger partial charge is 0.311 e. The molecular formula is C49H46N2. The maximum absolute atomic E-state index is 2.31. The fourth-order valence-electron chi connectivity index (χ4n) is 6.06. The molecule has 0 unspecified atom stereocenters. The van der Waals surface area contributed by atoms with E-state index in [2.05, 4.69) is 226 Å². The topological polar surface area (TPSA) is 6.48 Å². The number of benzene rings is 6. The summed E-state index contributed by atoms with van der Waals surface area (Å²) in [4.78, 5) is 4.60. The van der Waals surface area contributed by atoms with Gasteiger partial charge in [-0.25, -0.2) is 0 Å². The van der Waals surface area contributed by atoms with E-state index in [-0.39, 0.29) is 0 Å². The number of anilines is 5. The molecule has 2 heteroatoms. The fraction of sp³-hybridized carbons (Fsp3) is 0.102. The van der Waals surface area contributed by atoms with E-state index < -0.39 is 0 Å². The first-order chi connectivity index (χ1) is 24.9. The van der Waals surface area contributed by atoms with E-state index in [0.29, 0.717) is 0 Å². The Morgan fingerprint density at radius 3 is 1.18 bits per heavy atom. The summed E-state index contributed by atoms with van der Waals surface area (Å²) in [5.41, 5.74) is 15.2. The molecule has 0 heterocycles. The van der Waals surface area contributed by atoms with Crippen LogP contribution in [0.15, 0.2) is 182 Å². The van der Waals surface area contributed by atoms with Gasteiger partial charge >= 0.3 is 0 Å². The molecule has 0 bridgehead atoms. The Bertz CT molecular complexity index is 2080. The molecule has 0 N–H and O–H groups in total. The number of hydrogen-bond acceptors (Lipinski definition) is 2. The second-order valence-corrected chi connectivity index (χ2v) is 12.9. The monoisotopic (exact) mass is 662 g/mol. The van der Waals surface area contributed by atoms with E-state index >= 15 is 0 Å². The molecule has 0 saturated heterocycles.